The Kier molecular flexibility index (Phi) is 62.7. The molecule has 0 saturated carbocycles. The summed E-state index contributed by atoms with van der Waals surface area (Å²) < 4.78 is 57.3. The molecule has 576 valence electrons. The Labute approximate surface area is 627 Å². The van der Waals surface area contributed by atoms with Crippen molar-refractivity contribution in [2.24, 2.45) is 47.3 Å². The van der Waals surface area contributed by atoms with E-state index in [1.54, 1.807) is 0 Å². The summed E-state index contributed by atoms with van der Waals surface area (Å²) >= 11 is 0. The molecule has 0 spiro atoms. The molecule has 0 amide bonds. The molecular weight excluding hydrogens is 1320 g/mol. The minimum absolute atomic E-state index is 0.725. The molecule has 24 heteroatoms. The lowest BCUT2D eigenvalue weighted by Gasteiger charge is -2.09. The van der Waals surface area contributed by atoms with E-state index in [4.69, 9.17) is 40.2 Å². The molecule has 104 heavy (non-hydrogen) atoms. The van der Waals surface area contributed by atoms with Crippen molar-refractivity contribution in [2.45, 2.75) is 219 Å². The van der Waals surface area contributed by atoms with Crippen LogP contribution in [0.2, 0.25) is 0 Å². The van der Waals surface area contributed by atoms with Gasteiger partial charge in [-0.3, -0.25) is 0 Å². The van der Waals surface area contributed by atoms with Crippen LogP contribution in [0.4, 0.5) is 17.3 Å². The van der Waals surface area contributed by atoms with Crippen LogP contribution in [0.25, 0.3) is 0 Å². The summed E-state index contributed by atoms with van der Waals surface area (Å²) in [4.78, 5) is 0. The number of nitrogens with zero attached hydrogens (tertiary/aromatic N) is 8. The van der Waals surface area contributed by atoms with Crippen LogP contribution < -0.4 is 76.7 Å². The molecule has 0 radical (unpaired) electrons. The first-order valence-electron chi connectivity index (χ1n) is 35.9. The Morgan fingerprint density at radius 2 is 0.250 bits per heavy atom. The van der Waals surface area contributed by atoms with E-state index in [9.17, 15) is 17.3 Å². The van der Waals surface area contributed by atoms with Gasteiger partial charge in [0.1, 0.15) is 29.6 Å². The average Bonchev–Trinajstić information content (AvgIpc) is 1.07. The SMILES string of the molecule is Cc1cc[n+](CC(C)C)cc1.Cc1cc[n+](CC(C)C)cc1.Cc1cc[n+](CC(C)C)cc1.Cc1cc[n+](CC(C)C)cc1.Cc1cc[n+](CC(C)C)cc1.Cc1cc[n+](CC(C)C)cc1.Cc1cc[n+](CC(C)C)cc1.Cc1cc[n+](CC(C)C)cc1.[O-]B([O-])F.[O-]B([O-])F.[O-]B([O-])F.[O-]B([O-])F. The quantitative estimate of drug-likeness (QED) is 0.0620. The third kappa shape index (κ3) is 76.0. The lowest BCUT2D eigenvalue weighted by atomic mass is 10.2. The maximum atomic E-state index is 9.89. The van der Waals surface area contributed by atoms with Gasteiger partial charge in [0.2, 0.25) is 0 Å². The third-order valence-corrected chi connectivity index (χ3v) is 13.1. The molecule has 0 N–H and O–H groups in total. The number of halogens is 4. The van der Waals surface area contributed by atoms with Crippen LogP contribution in [0, 0.1) is 103 Å². The molecule has 0 bridgehead atoms. The minimum Gasteiger partial charge on any atom is -0.867 e. The van der Waals surface area contributed by atoms with Gasteiger partial charge in [0, 0.05) is 144 Å². The zero-order valence-corrected chi connectivity index (χ0v) is 67.4. The molecule has 0 saturated heterocycles. The van der Waals surface area contributed by atoms with Crippen molar-refractivity contribution in [3.8, 4) is 0 Å². The number of aryl methyl sites for hydroxylation is 8. The molecule has 0 aromatic carbocycles. The smallest absolute Gasteiger partial charge is 0.169 e. The summed E-state index contributed by atoms with van der Waals surface area (Å²) in [5, 5.41) is 66.4. The van der Waals surface area contributed by atoms with Gasteiger partial charge in [-0.2, -0.15) is 0 Å². The van der Waals surface area contributed by atoms with Gasteiger partial charge in [-0.25, -0.2) is 36.5 Å². The summed E-state index contributed by atoms with van der Waals surface area (Å²) in [5.41, 5.74) is 10.6. The van der Waals surface area contributed by atoms with E-state index in [1.807, 2.05) is 0 Å². The van der Waals surface area contributed by atoms with Gasteiger partial charge in [0.05, 0.1) is 0 Å². The Balaban J connectivity index is -0.000000533. The summed E-state index contributed by atoms with van der Waals surface area (Å²) in [7, 11) is -12.7. The standard InChI is InChI=1S/8C10H16N.4BFO2/c8*1-9(2)8-11-6-4-10(3)5-7-11;4*2-1(3)4/h8*4-7,9H,8H2,1-3H3;;;;/q8*+1;4*-2. The second kappa shape index (κ2) is 63.2. The fourth-order valence-electron chi connectivity index (χ4n) is 8.60. The molecule has 0 atom stereocenters. The van der Waals surface area contributed by atoms with Crippen molar-refractivity contribution >= 4 is 29.6 Å². The van der Waals surface area contributed by atoms with Crippen LogP contribution in [0.5, 0.6) is 0 Å². The van der Waals surface area contributed by atoms with E-state index in [0.29, 0.717) is 0 Å². The Hall–Kier alpha value is -7.14. The molecule has 8 heterocycles. The van der Waals surface area contributed by atoms with E-state index < -0.39 is 29.6 Å². The van der Waals surface area contributed by atoms with E-state index in [1.165, 1.54) is 44.5 Å². The Morgan fingerprint density at radius 1 is 0.192 bits per heavy atom. The summed E-state index contributed by atoms with van der Waals surface area (Å²) in [5.74, 6) is 5.80. The van der Waals surface area contributed by atoms with E-state index >= 15 is 0 Å². The first-order valence-corrected chi connectivity index (χ1v) is 35.9. The number of aromatic nitrogens is 8. The fourth-order valence-corrected chi connectivity index (χ4v) is 8.60. The van der Waals surface area contributed by atoms with Gasteiger partial charge in [-0.05, 0) is 99.9 Å². The van der Waals surface area contributed by atoms with E-state index in [0.717, 1.165) is 99.7 Å². The van der Waals surface area contributed by atoms with Gasteiger partial charge in [0.25, 0.3) is 0 Å². The summed E-state index contributed by atoms with van der Waals surface area (Å²) in [6.45, 7) is 61.4. The number of hydrogen-bond acceptors (Lipinski definition) is 8. The van der Waals surface area contributed by atoms with E-state index in [-0.39, 0.29) is 0 Å². The van der Waals surface area contributed by atoms with Crippen molar-refractivity contribution in [1.82, 2.24) is 0 Å². The van der Waals surface area contributed by atoms with Gasteiger partial charge in [-0.1, -0.05) is 111 Å². The first-order chi connectivity index (χ1) is 48.4. The molecule has 8 aromatic rings. The molecule has 0 aliphatic rings. The van der Waals surface area contributed by atoms with Crippen LogP contribution in [0.1, 0.15) is 155 Å². The third-order valence-electron chi connectivity index (χ3n) is 13.1. The number of hydrogen-bond donors (Lipinski definition) is 0. The zero-order valence-electron chi connectivity index (χ0n) is 67.4. The Morgan fingerprint density at radius 3 is 0.298 bits per heavy atom. The number of pyridine rings is 8. The van der Waals surface area contributed by atoms with Crippen molar-refractivity contribution in [2.75, 3.05) is 0 Å². The normalized spacial score (nSPS) is 9.96. The molecule has 8 rings (SSSR count). The van der Waals surface area contributed by atoms with Crippen LogP contribution in [0.3, 0.4) is 0 Å². The lowest BCUT2D eigenvalue weighted by Crippen LogP contribution is -2.39. The topological polar surface area (TPSA) is 216 Å². The molecule has 0 fully saturated rings. The largest absolute Gasteiger partial charge is 0.867 e. The zero-order chi connectivity index (χ0) is 80.5. The van der Waals surface area contributed by atoms with Gasteiger partial charge < -0.3 is 57.5 Å². The van der Waals surface area contributed by atoms with Gasteiger partial charge in [-0.15, -0.1) is 0 Å². The van der Waals surface area contributed by atoms with Crippen molar-refractivity contribution in [1.29, 1.82) is 0 Å². The minimum atomic E-state index is -3.17. The fraction of sp³-hybridized carbons (Fsp3) is 0.500. The molecule has 0 aliphatic carbocycles. The van der Waals surface area contributed by atoms with Crippen LogP contribution in [-0.4, -0.2) is 29.6 Å². The first kappa shape index (κ1) is 103. The van der Waals surface area contributed by atoms with Crippen molar-refractivity contribution in [3.05, 3.63) is 241 Å². The Bertz CT molecular complexity index is 2570. The highest BCUT2D eigenvalue weighted by Crippen LogP contribution is 2.01. The summed E-state index contributed by atoms with van der Waals surface area (Å²) in [6, 6.07) is 34.3. The highest BCUT2D eigenvalue weighted by molar-refractivity contribution is 6.27. The molecular formula is C80H128B4F4N8O8. The average molecular weight is 1450 g/mol. The molecule has 16 nitrogen and oxygen atoms in total. The molecule has 0 unspecified atom stereocenters. The summed E-state index contributed by atoms with van der Waals surface area (Å²) in [6.07, 6.45) is 34.1. The number of rotatable bonds is 16. The lowest BCUT2D eigenvalue weighted by molar-refractivity contribution is -0.702. The van der Waals surface area contributed by atoms with Crippen molar-refractivity contribution in [3.63, 3.8) is 0 Å². The predicted molar refractivity (Wildman–Crippen MR) is 397 cm³/mol. The monoisotopic (exact) mass is 1450 g/mol. The van der Waals surface area contributed by atoms with E-state index in [2.05, 4.69) is 399 Å². The van der Waals surface area contributed by atoms with Gasteiger partial charge >= 0.3 is 0 Å². The van der Waals surface area contributed by atoms with Crippen LogP contribution >= 0.6 is 0 Å². The van der Waals surface area contributed by atoms with Crippen LogP contribution in [-0.2, 0) is 52.4 Å². The highest BCUT2D eigenvalue weighted by Gasteiger charge is 2.08. The van der Waals surface area contributed by atoms with Crippen molar-refractivity contribution < 1.29 is 94.0 Å². The maximum Gasteiger partial charge on any atom is 0.169 e. The highest BCUT2D eigenvalue weighted by atomic mass is 19.1. The van der Waals surface area contributed by atoms with Gasteiger partial charge in [0.15, 0.2) is 152 Å². The maximum absolute atomic E-state index is 9.89. The second-order valence-corrected chi connectivity index (χ2v) is 28.8. The predicted octanol–water partition coefficient (Wildman–Crippen LogP) is 6.15. The molecule has 0 aliphatic heterocycles. The van der Waals surface area contributed by atoms with Crippen LogP contribution in [0.15, 0.2) is 196 Å². The molecule has 8 aromatic heterocycles. The second-order valence-electron chi connectivity index (χ2n) is 28.8.